The standard InChI is InChI=1S/C23H29N5O3.2ClH/c1-2-19-17(10-16-12-25-13-22(29)28(16)19)23(30)27-9-7-20-18(14-27)26-21(31-20)6-5-15-4-3-8-24-11-15;;/h3-4,8,11,16-17,19,25H,2,5-7,9-10,12-14H2,1H3;2*1H/t16-,17-,19-;;/m1../s1. The number of aryl methyl sites for hydroxylation is 2. The molecule has 180 valence electrons. The Kier molecular flexibility index (Phi) is 8.37. The van der Waals surface area contributed by atoms with E-state index in [1.807, 2.05) is 22.1 Å². The number of pyridine rings is 1. The summed E-state index contributed by atoms with van der Waals surface area (Å²) in [4.78, 5) is 38.6. The van der Waals surface area contributed by atoms with Crippen molar-refractivity contribution in [1.29, 1.82) is 0 Å². The number of hydrogen-bond donors (Lipinski definition) is 1. The number of oxazole rings is 1. The number of nitrogens with one attached hydrogen (secondary N) is 1. The summed E-state index contributed by atoms with van der Waals surface area (Å²) in [7, 11) is 0. The predicted molar refractivity (Wildman–Crippen MR) is 127 cm³/mol. The summed E-state index contributed by atoms with van der Waals surface area (Å²) in [6.07, 6.45) is 7.43. The molecule has 3 aliphatic rings. The van der Waals surface area contributed by atoms with Crippen molar-refractivity contribution in [3.8, 4) is 0 Å². The summed E-state index contributed by atoms with van der Waals surface area (Å²) < 4.78 is 5.98. The second-order valence-electron chi connectivity index (χ2n) is 8.75. The Labute approximate surface area is 206 Å². The Morgan fingerprint density at radius 1 is 1.30 bits per heavy atom. The fourth-order valence-corrected chi connectivity index (χ4v) is 5.36. The summed E-state index contributed by atoms with van der Waals surface area (Å²) >= 11 is 0. The van der Waals surface area contributed by atoms with Gasteiger partial charge in [-0.1, -0.05) is 13.0 Å². The molecular weight excluding hydrogens is 465 g/mol. The average Bonchev–Trinajstić information content (AvgIpc) is 3.39. The highest BCUT2D eigenvalue weighted by molar-refractivity contribution is 5.86. The van der Waals surface area contributed by atoms with Crippen LogP contribution in [0.15, 0.2) is 28.9 Å². The average molecular weight is 496 g/mol. The number of halogens is 2. The molecule has 2 amide bonds. The highest BCUT2D eigenvalue weighted by atomic mass is 35.5. The van der Waals surface area contributed by atoms with Crippen LogP contribution in [0.25, 0.3) is 0 Å². The van der Waals surface area contributed by atoms with Gasteiger partial charge in [0, 0.05) is 50.4 Å². The Hall–Kier alpha value is -2.16. The third-order valence-corrected chi connectivity index (χ3v) is 6.85. The molecule has 0 spiro atoms. The van der Waals surface area contributed by atoms with Crippen LogP contribution in [0.3, 0.4) is 0 Å². The first-order valence-corrected chi connectivity index (χ1v) is 11.3. The lowest BCUT2D eigenvalue weighted by Gasteiger charge is -2.35. The van der Waals surface area contributed by atoms with Gasteiger partial charge in [-0.15, -0.1) is 24.8 Å². The highest BCUT2D eigenvalue weighted by Crippen LogP contribution is 2.35. The maximum Gasteiger partial charge on any atom is 0.237 e. The number of carbonyl (C=O) groups is 2. The molecule has 8 nitrogen and oxygen atoms in total. The van der Waals surface area contributed by atoms with Gasteiger partial charge in [0.05, 0.1) is 19.0 Å². The van der Waals surface area contributed by atoms with E-state index < -0.39 is 0 Å². The van der Waals surface area contributed by atoms with Gasteiger partial charge in [0.25, 0.3) is 0 Å². The lowest BCUT2D eigenvalue weighted by molar-refractivity contribution is -0.139. The molecule has 0 aliphatic carbocycles. The molecule has 5 rings (SSSR count). The molecule has 0 bridgehead atoms. The highest BCUT2D eigenvalue weighted by Gasteiger charge is 2.48. The van der Waals surface area contributed by atoms with Crippen molar-refractivity contribution in [3.63, 3.8) is 0 Å². The Morgan fingerprint density at radius 2 is 2.15 bits per heavy atom. The van der Waals surface area contributed by atoms with Crippen molar-refractivity contribution < 1.29 is 14.0 Å². The number of aromatic nitrogens is 2. The van der Waals surface area contributed by atoms with E-state index in [4.69, 9.17) is 9.40 Å². The molecule has 1 N–H and O–H groups in total. The molecule has 0 saturated carbocycles. The summed E-state index contributed by atoms with van der Waals surface area (Å²) in [6.45, 7) is 4.37. The maximum atomic E-state index is 13.4. The Balaban J connectivity index is 0.00000153. The molecule has 2 aromatic heterocycles. The minimum atomic E-state index is -0.127. The molecule has 2 fully saturated rings. The first-order chi connectivity index (χ1) is 15.1. The zero-order chi connectivity index (χ0) is 21.4. The topological polar surface area (TPSA) is 91.6 Å². The molecule has 3 atom stereocenters. The second kappa shape index (κ2) is 10.8. The molecule has 2 saturated heterocycles. The fourth-order valence-electron chi connectivity index (χ4n) is 5.36. The van der Waals surface area contributed by atoms with Crippen LogP contribution in [-0.2, 0) is 35.4 Å². The number of nitrogens with zero attached hydrogens (tertiary/aromatic N) is 4. The third-order valence-electron chi connectivity index (χ3n) is 6.85. The first kappa shape index (κ1) is 25.5. The summed E-state index contributed by atoms with van der Waals surface area (Å²) in [5, 5.41) is 3.19. The Bertz CT molecular complexity index is 970. The molecule has 3 aliphatic heterocycles. The van der Waals surface area contributed by atoms with Crippen LogP contribution in [0.5, 0.6) is 0 Å². The number of rotatable bonds is 5. The van der Waals surface area contributed by atoms with Crippen molar-refractivity contribution >= 4 is 36.6 Å². The predicted octanol–water partition coefficient (Wildman–Crippen LogP) is 2.18. The maximum absolute atomic E-state index is 13.4. The van der Waals surface area contributed by atoms with Gasteiger partial charge < -0.3 is 19.5 Å². The van der Waals surface area contributed by atoms with E-state index in [-0.39, 0.29) is 54.6 Å². The summed E-state index contributed by atoms with van der Waals surface area (Å²) in [5.74, 6) is 1.77. The first-order valence-electron chi connectivity index (χ1n) is 11.3. The van der Waals surface area contributed by atoms with Gasteiger partial charge in [-0.3, -0.25) is 14.6 Å². The van der Waals surface area contributed by atoms with E-state index in [9.17, 15) is 9.59 Å². The molecule has 0 aromatic carbocycles. The van der Waals surface area contributed by atoms with Gasteiger partial charge in [-0.2, -0.15) is 0 Å². The van der Waals surface area contributed by atoms with Crippen LogP contribution in [0.1, 0.15) is 42.7 Å². The molecule has 33 heavy (non-hydrogen) atoms. The molecular formula is C23H31Cl2N5O3. The zero-order valence-corrected chi connectivity index (χ0v) is 20.4. The van der Waals surface area contributed by atoms with Gasteiger partial charge in [-0.05, 0) is 30.9 Å². The minimum absolute atomic E-state index is 0. The van der Waals surface area contributed by atoms with Gasteiger partial charge in [0.15, 0.2) is 5.89 Å². The lowest BCUT2D eigenvalue weighted by atomic mass is 9.94. The molecule has 0 radical (unpaired) electrons. The van der Waals surface area contributed by atoms with Gasteiger partial charge in [0.2, 0.25) is 11.8 Å². The van der Waals surface area contributed by atoms with E-state index in [2.05, 4.69) is 23.3 Å². The number of fused-ring (bicyclic) bond motifs is 2. The van der Waals surface area contributed by atoms with Crippen LogP contribution < -0.4 is 5.32 Å². The zero-order valence-electron chi connectivity index (χ0n) is 18.7. The van der Waals surface area contributed by atoms with Crippen LogP contribution in [0.2, 0.25) is 0 Å². The van der Waals surface area contributed by atoms with Crippen molar-refractivity contribution in [2.24, 2.45) is 5.92 Å². The normalized spacial score (nSPS) is 23.9. The van der Waals surface area contributed by atoms with Crippen molar-refractivity contribution in [2.75, 3.05) is 19.6 Å². The van der Waals surface area contributed by atoms with E-state index in [1.165, 1.54) is 0 Å². The Morgan fingerprint density at radius 3 is 2.91 bits per heavy atom. The molecule has 2 aromatic rings. The van der Waals surface area contributed by atoms with Crippen LogP contribution >= 0.6 is 24.8 Å². The van der Waals surface area contributed by atoms with Gasteiger partial charge in [0.1, 0.15) is 11.5 Å². The van der Waals surface area contributed by atoms with E-state index in [0.29, 0.717) is 26.1 Å². The third kappa shape index (κ3) is 5.03. The molecule has 0 unspecified atom stereocenters. The monoisotopic (exact) mass is 495 g/mol. The SMILES string of the molecule is CC[C@@H]1[C@H](C(=O)N2CCc3oc(CCc4cccnc4)nc3C2)C[C@@H]2CNCC(=O)N21.Cl.Cl. The number of carbonyl (C=O) groups excluding carboxylic acids is 2. The smallest absolute Gasteiger partial charge is 0.237 e. The van der Waals surface area contributed by atoms with Gasteiger partial charge >= 0.3 is 0 Å². The van der Waals surface area contributed by atoms with Crippen molar-refractivity contribution in [3.05, 3.63) is 47.4 Å². The second-order valence-corrected chi connectivity index (χ2v) is 8.75. The van der Waals surface area contributed by atoms with Crippen LogP contribution in [0.4, 0.5) is 0 Å². The van der Waals surface area contributed by atoms with E-state index in [1.54, 1.807) is 6.20 Å². The lowest BCUT2D eigenvalue weighted by Crippen LogP contribution is -2.55. The van der Waals surface area contributed by atoms with Crippen molar-refractivity contribution in [2.45, 2.75) is 57.7 Å². The fraction of sp³-hybridized carbons (Fsp3) is 0.565. The van der Waals surface area contributed by atoms with E-state index >= 15 is 0 Å². The number of hydrogen-bond acceptors (Lipinski definition) is 6. The summed E-state index contributed by atoms with van der Waals surface area (Å²) in [5.41, 5.74) is 2.03. The quantitative estimate of drug-likeness (QED) is 0.683. The largest absolute Gasteiger partial charge is 0.445 e. The van der Waals surface area contributed by atoms with E-state index in [0.717, 1.165) is 55.1 Å². The van der Waals surface area contributed by atoms with Crippen LogP contribution in [-0.4, -0.2) is 63.3 Å². The van der Waals surface area contributed by atoms with Crippen molar-refractivity contribution in [1.82, 2.24) is 25.1 Å². The van der Waals surface area contributed by atoms with Gasteiger partial charge in [-0.25, -0.2) is 4.98 Å². The summed E-state index contributed by atoms with van der Waals surface area (Å²) in [6, 6.07) is 4.12. The number of amides is 2. The van der Waals surface area contributed by atoms with Crippen LogP contribution in [0, 0.1) is 5.92 Å². The minimum Gasteiger partial charge on any atom is -0.445 e. The molecule has 10 heteroatoms. The molecule has 5 heterocycles. The number of piperazine rings is 1.